The second kappa shape index (κ2) is 4.12. The van der Waals surface area contributed by atoms with Crippen LogP contribution in [0, 0.1) is 0 Å². The molecule has 0 amide bonds. The van der Waals surface area contributed by atoms with Crippen LogP contribution in [0.1, 0.15) is 13.3 Å². The number of hydrogen-bond acceptors (Lipinski definition) is 5. The Morgan fingerprint density at radius 3 is 3.00 bits per heavy atom. The van der Waals surface area contributed by atoms with Crippen LogP contribution in [-0.2, 0) is 0 Å². The normalized spacial score (nSPS) is 10.5. The molecule has 0 aliphatic rings. The van der Waals surface area contributed by atoms with Gasteiger partial charge < -0.3 is 10.1 Å². The third kappa shape index (κ3) is 1.83. The predicted molar refractivity (Wildman–Crippen MR) is 56.1 cm³/mol. The van der Waals surface area contributed by atoms with E-state index in [9.17, 15) is 0 Å². The van der Waals surface area contributed by atoms with Gasteiger partial charge in [-0.15, -0.1) is 10.2 Å². The van der Waals surface area contributed by atoms with Gasteiger partial charge >= 0.3 is 6.01 Å². The van der Waals surface area contributed by atoms with Crippen LogP contribution in [0.15, 0.2) is 12.1 Å². The van der Waals surface area contributed by atoms with Crippen LogP contribution < -0.4 is 10.1 Å². The minimum Gasteiger partial charge on any atom is -0.466 e. The monoisotopic (exact) mass is 207 g/mol. The number of nitrogens with one attached hydrogen (secondary N) is 1. The Bertz CT molecular complexity index is 453. The summed E-state index contributed by atoms with van der Waals surface area (Å²) in [6.07, 6.45) is 1.05. The number of aromatic nitrogens is 4. The van der Waals surface area contributed by atoms with Crippen molar-refractivity contribution in [3.63, 3.8) is 0 Å². The van der Waals surface area contributed by atoms with Crippen LogP contribution in [0.2, 0.25) is 0 Å². The van der Waals surface area contributed by atoms with E-state index < -0.39 is 0 Å². The van der Waals surface area contributed by atoms with Crippen molar-refractivity contribution in [3.8, 4) is 6.01 Å². The first-order valence-electron chi connectivity index (χ1n) is 4.85. The first-order valence-corrected chi connectivity index (χ1v) is 4.85. The molecule has 0 spiro atoms. The summed E-state index contributed by atoms with van der Waals surface area (Å²) in [6, 6.07) is 4.12. The third-order valence-electron chi connectivity index (χ3n) is 1.97. The molecule has 0 aliphatic heterocycles. The molecule has 2 heterocycles. The van der Waals surface area contributed by atoms with E-state index in [4.69, 9.17) is 4.74 Å². The minimum atomic E-state index is 0.394. The molecular formula is C9H13N5O. The molecule has 6 heteroatoms. The molecule has 1 N–H and O–H groups in total. The summed E-state index contributed by atoms with van der Waals surface area (Å²) in [7, 11) is 1.55. The summed E-state index contributed by atoms with van der Waals surface area (Å²) >= 11 is 0. The molecule has 0 radical (unpaired) electrons. The summed E-state index contributed by atoms with van der Waals surface area (Å²) < 4.78 is 6.59. The summed E-state index contributed by atoms with van der Waals surface area (Å²) in [5.74, 6) is 0.794. The number of fused-ring (bicyclic) bond motifs is 1. The van der Waals surface area contributed by atoms with E-state index in [2.05, 4.69) is 27.5 Å². The molecule has 2 aromatic heterocycles. The van der Waals surface area contributed by atoms with Gasteiger partial charge in [0.05, 0.1) is 7.11 Å². The Hall–Kier alpha value is -1.85. The number of methoxy groups -OCH3 is 1. The summed E-state index contributed by atoms with van der Waals surface area (Å²) in [5, 5.41) is 15.2. The van der Waals surface area contributed by atoms with Crippen LogP contribution >= 0.6 is 0 Å². The van der Waals surface area contributed by atoms with Crippen molar-refractivity contribution in [1.29, 1.82) is 0 Å². The molecule has 0 aromatic carbocycles. The van der Waals surface area contributed by atoms with Gasteiger partial charge in [0.25, 0.3) is 0 Å². The van der Waals surface area contributed by atoms with E-state index in [1.807, 2.05) is 12.1 Å². The van der Waals surface area contributed by atoms with E-state index in [0.29, 0.717) is 11.7 Å². The molecule has 0 atom stereocenters. The SMILES string of the molecule is CCCNc1ccc2nnc(OC)n2n1. The number of ether oxygens (including phenoxy) is 1. The lowest BCUT2D eigenvalue weighted by Crippen LogP contribution is -2.05. The molecule has 0 fully saturated rings. The quantitative estimate of drug-likeness (QED) is 0.808. The molecule has 0 saturated carbocycles. The Labute approximate surface area is 87.3 Å². The minimum absolute atomic E-state index is 0.394. The lowest BCUT2D eigenvalue weighted by atomic mass is 10.4. The van der Waals surface area contributed by atoms with Gasteiger partial charge in [-0.05, 0) is 18.6 Å². The molecule has 15 heavy (non-hydrogen) atoms. The zero-order valence-electron chi connectivity index (χ0n) is 8.77. The highest BCUT2D eigenvalue weighted by atomic mass is 16.5. The van der Waals surface area contributed by atoms with E-state index >= 15 is 0 Å². The topological polar surface area (TPSA) is 64.3 Å². The largest absolute Gasteiger partial charge is 0.466 e. The summed E-state index contributed by atoms with van der Waals surface area (Å²) in [4.78, 5) is 0. The highest BCUT2D eigenvalue weighted by molar-refractivity contribution is 5.44. The molecule has 0 unspecified atom stereocenters. The van der Waals surface area contributed by atoms with E-state index in [-0.39, 0.29) is 0 Å². The molecule has 6 nitrogen and oxygen atoms in total. The first kappa shape index (κ1) is 9.70. The van der Waals surface area contributed by atoms with E-state index in [1.165, 1.54) is 0 Å². The average molecular weight is 207 g/mol. The standard InChI is InChI=1S/C9H13N5O/c1-3-6-10-7-4-5-8-11-12-9(15-2)14(8)13-7/h4-5H,3,6H2,1-2H3,(H,10,13). The van der Waals surface area contributed by atoms with Crippen molar-refractivity contribution in [2.75, 3.05) is 19.0 Å². The average Bonchev–Trinajstić information content (AvgIpc) is 2.68. The zero-order valence-corrected chi connectivity index (χ0v) is 8.77. The van der Waals surface area contributed by atoms with Gasteiger partial charge in [-0.1, -0.05) is 12.0 Å². The van der Waals surface area contributed by atoms with Crippen LogP contribution in [0.25, 0.3) is 5.65 Å². The van der Waals surface area contributed by atoms with Crippen molar-refractivity contribution in [1.82, 2.24) is 19.8 Å². The number of hydrogen-bond donors (Lipinski definition) is 1. The van der Waals surface area contributed by atoms with Crippen molar-refractivity contribution in [2.24, 2.45) is 0 Å². The molecule has 2 rings (SSSR count). The van der Waals surface area contributed by atoms with Gasteiger partial charge in [-0.2, -0.15) is 4.52 Å². The zero-order chi connectivity index (χ0) is 10.7. The predicted octanol–water partition coefficient (Wildman–Crippen LogP) is 0.955. The Morgan fingerprint density at radius 2 is 2.27 bits per heavy atom. The second-order valence-electron chi connectivity index (χ2n) is 3.10. The Kier molecular flexibility index (Phi) is 2.66. The number of rotatable bonds is 4. The second-order valence-corrected chi connectivity index (χ2v) is 3.10. The molecule has 0 saturated heterocycles. The van der Waals surface area contributed by atoms with Crippen LogP contribution in [0.4, 0.5) is 5.82 Å². The van der Waals surface area contributed by atoms with Crippen molar-refractivity contribution in [3.05, 3.63) is 12.1 Å². The highest BCUT2D eigenvalue weighted by Crippen LogP contribution is 2.10. The fourth-order valence-corrected chi connectivity index (χ4v) is 1.24. The van der Waals surface area contributed by atoms with E-state index in [0.717, 1.165) is 18.8 Å². The lowest BCUT2D eigenvalue weighted by Gasteiger charge is -2.03. The number of nitrogens with zero attached hydrogens (tertiary/aromatic N) is 4. The maximum absolute atomic E-state index is 5.03. The van der Waals surface area contributed by atoms with Crippen molar-refractivity contribution in [2.45, 2.75) is 13.3 Å². The fraction of sp³-hybridized carbons (Fsp3) is 0.444. The first-order chi connectivity index (χ1) is 7.35. The van der Waals surface area contributed by atoms with Crippen LogP contribution in [0.3, 0.4) is 0 Å². The van der Waals surface area contributed by atoms with Gasteiger partial charge in [0.1, 0.15) is 5.82 Å². The molecule has 0 bridgehead atoms. The smallest absolute Gasteiger partial charge is 0.338 e. The van der Waals surface area contributed by atoms with Crippen molar-refractivity contribution >= 4 is 11.5 Å². The van der Waals surface area contributed by atoms with Gasteiger partial charge in [0.15, 0.2) is 5.65 Å². The van der Waals surface area contributed by atoms with Crippen molar-refractivity contribution < 1.29 is 4.74 Å². The van der Waals surface area contributed by atoms with Gasteiger partial charge in [0.2, 0.25) is 0 Å². The number of anilines is 1. The fourth-order valence-electron chi connectivity index (χ4n) is 1.24. The highest BCUT2D eigenvalue weighted by Gasteiger charge is 2.06. The molecule has 80 valence electrons. The summed E-state index contributed by atoms with van der Waals surface area (Å²) in [5.41, 5.74) is 0.675. The lowest BCUT2D eigenvalue weighted by molar-refractivity contribution is 0.369. The maximum Gasteiger partial charge on any atom is 0.338 e. The van der Waals surface area contributed by atoms with Crippen LogP contribution in [-0.4, -0.2) is 33.5 Å². The molecule has 0 aliphatic carbocycles. The maximum atomic E-state index is 5.03. The summed E-state index contributed by atoms with van der Waals surface area (Å²) in [6.45, 7) is 2.99. The molecule has 2 aromatic rings. The Balaban J connectivity index is 2.35. The van der Waals surface area contributed by atoms with Gasteiger partial charge in [-0.3, -0.25) is 0 Å². The third-order valence-corrected chi connectivity index (χ3v) is 1.97. The van der Waals surface area contributed by atoms with Crippen LogP contribution in [0.5, 0.6) is 6.01 Å². The van der Waals surface area contributed by atoms with Gasteiger partial charge in [0, 0.05) is 6.54 Å². The molecular weight excluding hydrogens is 194 g/mol. The van der Waals surface area contributed by atoms with E-state index in [1.54, 1.807) is 11.6 Å². The van der Waals surface area contributed by atoms with Gasteiger partial charge in [-0.25, -0.2) is 0 Å². The Morgan fingerprint density at radius 1 is 1.40 bits per heavy atom.